The van der Waals surface area contributed by atoms with Crippen LogP contribution in [0.15, 0.2) is 97.2 Å². The van der Waals surface area contributed by atoms with E-state index in [1.807, 2.05) is 6.08 Å². The van der Waals surface area contributed by atoms with Crippen LogP contribution in [0.4, 0.5) is 0 Å². The minimum absolute atomic E-state index is 0.0358. The van der Waals surface area contributed by atoms with Crippen LogP contribution in [0.5, 0.6) is 11.5 Å². The third-order valence-corrected chi connectivity index (χ3v) is 5.79. The van der Waals surface area contributed by atoms with Gasteiger partial charge in [0.2, 0.25) is 11.8 Å². The number of phenols is 2. The maximum atomic E-state index is 11.9. The summed E-state index contributed by atoms with van der Waals surface area (Å²) in [6.45, 7) is 3.24. The average Bonchev–Trinajstić information content (AvgIpc) is 2.96. The molecular weight excluding hydrogens is 512 g/mol. The van der Waals surface area contributed by atoms with Crippen LogP contribution in [-0.2, 0) is 9.59 Å². The highest BCUT2D eigenvalue weighted by atomic mass is 16.3. The van der Waals surface area contributed by atoms with Crippen LogP contribution in [0.2, 0.25) is 0 Å². The minimum atomic E-state index is -0.238. The van der Waals surface area contributed by atoms with Crippen LogP contribution < -0.4 is 10.6 Å². The highest BCUT2D eigenvalue weighted by Crippen LogP contribution is 2.25. The van der Waals surface area contributed by atoms with Crippen LogP contribution >= 0.6 is 0 Å². The van der Waals surface area contributed by atoms with Crippen molar-refractivity contribution in [1.29, 1.82) is 0 Å². The molecule has 6 nitrogen and oxygen atoms in total. The van der Waals surface area contributed by atoms with Gasteiger partial charge in [-0.25, -0.2) is 0 Å². The second kappa shape index (κ2) is 24.9. The Kier molecular flexibility index (Phi) is 21.3. The Morgan fingerprint density at radius 1 is 0.683 bits per heavy atom. The first-order chi connectivity index (χ1) is 20.0. The molecule has 0 aromatic heterocycles. The molecule has 41 heavy (non-hydrogen) atoms. The lowest BCUT2D eigenvalue weighted by molar-refractivity contribution is -0.121. The van der Waals surface area contributed by atoms with E-state index in [0.29, 0.717) is 25.1 Å². The number of nitrogens with one attached hydrogen (secondary N) is 2. The van der Waals surface area contributed by atoms with Gasteiger partial charge in [0.05, 0.1) is 0 Å². The number of amides is 2. The molecule has 222 valence electrons. The normalized spacial score (nSPS) is 12.4. The van der Waals surface area contributed by atoms with Crippen molar-refractivity contribution >= 4 is 17.9 Å². The number of hydrogen-bond acceptors (Lipinski definition) is 4. The maximum Gasteiger partial charge on any atom is 0.243 e. The van der Waals surface area contributed by atoms with E-state index in [9.17, 15) is 19.8 Å². The van der Waals surface area contributed by atoms with Gasteiger partial charge in [-0.05, 0) is 81.6 Å². The molecular formula is C35H48N2O4. The van der Waals surface area contributed by atoms with Gasteiger partial charge in [-0.2, -0.15) is 0 Å². The molecule has 0 radical (unpaired) electrons. The summed E-state index contributed by atoms with van der Waals surface area (Å²) < 4.78 is 0. The van der Waals surface area contributed by atoms with E-state index in [2.05, 4.69) is 84.4 Å². The summed E-state index contributed by atoms with van der Waals surface area (Å²) in [6.07, 6.45) is 37.5. The Labute approximate surface area is 246 Å². The smallest absolute Gasteiger partial charge is 0.243 e. The number of benzene rings is 1. The predicted octanol–water partition coefficient (Wildman–Crippen LogP) is 7.60. The van der Waals surface area contributed by atoms with Gasteiger partial charge < -0.3 is 20.8 Å². The summed E-state index contributed by atoms with van der Waals surface area (Å²) in [5.74, 6) is -0.633. The first kappa shape index (κ1) is 35.0. The van der Waals surface area contributed by atoms with Gasteiger partial charge in [-0.3, -0.25) is 9.59 Å². The van der Waals surface area contributed by atoms with Crippen LogP contribution in [0, 0.1) is 0 Å². The lowest BCUT2D eigenvalue weighted by Gasteiger charge is -2.05. The van der Waals surface area contributed by atoms with Gasteiger partial charge in [-0.15, -0.1) is 0 Å². The first-order valence-electron chi connectivity index (χ1n) is 14.7. The molecule has 0 aliphatic rings. The van der Waals surface area contributed by atoms with Gasteiger partial charge in [0.25, 0.3) is 0 Å². The fraction of sp³-hybridized carbons (Fsp3) is 0.371. The zero-order chi connectivity index (χ0) is 29.8. The van der Waals surface area contributed by atoms with E-state index in [1.165, 1.54) is 18.2 Å². The van der Waals surface area contributed by atoms with Crippen molar-refractivity contribution in [3.05, 3.63) is 103 Å². The Balaban J connectivity index is 1.97. The highest BCUT2D eigenvalue weighted by Gasteiger charge is 2.01. The molecule has 0 aliphatic heterocycles. The van der Waals surface area contributed by atoms with Gasteiger partial charge in [0.1, 0.15) is 0 Å². The molecule has 0 atom stereocenters. The van der Waals surface area contributed by atoms with E-state index in [-0.39, 0.29) is 23.3 Å². The number of rotatable bonds is 21. The van der Waals surface area contributed by atoms with Crippen molar-refractivity contribution < 1.29 is 19.8 Å². The van der Waals surface area contributed by atoms with E-state index in [0.717, 1.165) is 57.8 Å². The zero-order valence-electron chi connectivity index (χ0n) is 24.5. The quantitative estimate of drug-likeness (QED) is 0.0538. The summed E-state index contributed by atoms with van der Waals surface area (Å²) in [5, 5.41) is 24.5. The molecule has 1 rings (SSSR count). The number of unbranched alkanes of at least 4 members (excludes halogenated alkanes) is 1. The molecule has 0 heterocycles. The van der Waals surface area contributed by atoms with Crippen molar-refractivity contribution in [3.63, 3.8) is 0 Å². The number of phenolic OH excluding ortho intramolecular Hbond substituents is 2. The summed E-state index contributed by atoms with van der Waals surface area (Å²) in [4.78, 5) is 23.8. The third kappa shape index (κ3) is 21.4. The lowest BCUT2D eigenvalue weighted by Crippen LogP contribution is -2.26. The fourth-order valence-corrected chi connectivity index (χ4v) is 3.51. The first-order valence-corrected chi connectivity index (χ1v) is 14.7. The van der Waals surface area contributed by atoms with E-state index in [4.69, 9.17) is 0 Å². The Morgan fingerprint density at radius 3 is 1.73 bits per heavy atom. The molecule has 2 amide bonds. The molecule has 4 N–H and O–H groups in total. The molecule has 1 aromatic rings. The Morgan fingerprint density at radius 2 is 1.20 bits per heavy atom. The van der Waals surface area contributed by atoms with Crippen LogP contribution in [0.25, 0.3) is 6.08 Å². The molecule has 0 unspecified atom stereocenters. The number of hydrogen-bond donors (Lipinski definition) is 4. The van der Waals surface area contributed by atoms with Crippen LogP contribution in [-0.4, -0.2) is 35.1 Å². The lowest BCUT2D eigenvalue weighted by atomic mass is 10.2. The predicted molar refractivity (Wildman–Crippen MR) is 172 cm³/mol. The van der Waals surface area contributed by atoms with Crippen molar-refractivity contribution in [2.75, 3.05) is 13.1 Å². The maximum absolute atomic E-state index is 11.9. The molecule has 0 saturated carbocycles. The number of carbonyl (C=O) groups excluding carboxylic acids is 2. The van der Waals surface area contributed by atoms with E-state index >= 15 is 0 Å². The summed E-state index contributed by atoms with van der Waals surface area (Å²) >= 11 is 0. The number of carbonyl (C=O) groups is 2. The molecule has 0 bridgehead atoms. The summed E-state index contributed by atoms with van der Waals surface area (Å²) in [7, 11) is 0. The fourth-order valence-electron chi connectivity index (χ4n) is 3.51. The monoisotopic (exact) mass is 560 g/mol. The number of aromatic hydroxyl groups is 2. The minimum Gasteiger partial charge on any atom is -0.504 e. The van der Waals surface area contributed by atoms with Gasteiger partial charge in [0, 0.05) is 25.6 Å². The van der Waals surface area contributed by atoms with Gasteiger partial charge >= 0.3 is 0 Å². The van der Waals surface area contributed by atoms with Crippen molar-refractivity contribution in [1.82, 2.24) is 10.6 Å². The molecule has 0 saturated heterocycles. The largest absolute Gasteiger partial charge is 0.504 e. The second-order valence-electron chi connectivity index (χ2n) is 9.38. The average molecular weight is 561 g/mol. The van der Waals surface area contributed by atoms with Crippen LogP contribution in [0.1, 0.15) is 76.7 Å². The van der Waals surface area contributed by atoms with Crippen molar-refractivity contribution in [2.45, 2.75) is 71.1 Å². The summed E-state index contributed by atoms with van der Waals surface area (Å²) in [5.41, 5.74) is 0.613. The molecule has 0 spiro atoms. The van der Waals surface area contributed by atoms with Gasteiger partial charge in [0.15, 0.2) is 11.5 Å². The Hall–Kier alpha value is -4.06. The molecule has 1 aromatic carbocycles. The zero-order valence-corrected chi connectivity index (χ0v) is 24.5. The Bertz CT molecular complexity index is 1080. The second-order valence-corrected chi connectivity index (χ2v) is 9.38. The van der Waals surface area contributed by atoms with E-state index < -0.39 is 0 Å². The topological polar surface area (TPSA) is 98.7 Å². The summed E-state index contributed by atoms with van der Waals surface area (Å²) in [6, 6.07) is 4.35. The van der Waals surface area contributed by atoms with Crippen molar-refractivity contribution in [2.24, 2.45) is 0 Å². The molecule has 6 heteroatoms. The molecule has 0 fully saturated rings. The van der Waals surface area contributed by atoms with Crippen LogP contribution in [0.3, 0.4) is 0 Å². The van der Waals surface area contributed by atoms with Gasteiger partial charge in [-0.1, -0.05) is 85.9 Å². The SMILES string of the molecule is CCC=CCC=CCC=CCC=CCC=CCC=CCCC(=O)NCCCCNC(=O)C=Cc1ccc(O)c(O)c1. The van der Waals surface area contributed by atoms with E-state index in [1.54, 1.807) is 12.1 Å². The molecule has 0 aliphatic carbocycles. The van der Waals surface area contributed by atoms with Crippen molar-refractivity contribution in [3.8, 4) is 11.5 Å². The number of allylic oxidation sites excluding steroid dienone is 12. The third-order valence-electron chi connectivity index (χ3n) is 5.79. The highest BCUT2D eigenvalue weighted by molar-refractivity contribution is 5.91. The standard InChI is InChI=1S/C35H48N2O4/c1-2-3-4-5-6-7-8-9-10-11-12-13-14-15-16-17-18-19-20-23-34(40)36-28-21-22-29-37-35(41)27-25-31-24-26-32(38)33(39)30-31/h3-4,6-7,9-10,12-13,15-16,18-19,24-27,30,38-39H,2,5,8,11,14,17,20-23,28-29H2,1H3,(H,36,40)(H,37,41).